The fourth-order valence-corrected chi connectivity index (χ4v) is 1.04. The summed E-state index contributed by atoms with van der Waals surface area (Å²) in [7, 11) is 0. The molecule has 1 N–H and O–H groups in total. The molecule has 0 radical (unpaired) electrons. The Hall–Kier alpha value is 0.310. The largest absolute Gasteiger partial charge is 0.308 e. The van der Waals surface area contributed by atoms with Crippen LogP contribution in [0.4, 0.5) is 0 Å². The topological polar surface area (TPSA) is 12.0 Å². The van der Waals surface area contributed by atoms with Gasteiger partial charge in [-0.25, -0.2) is 0 Å². The molecule has 0 spiro atoms. The maximum atomic E-state index is 3.35. The number of nitrogens with one attached hydrogen (secondary N) is 1. The van der Waals surface area contributed by atoms with Gasteiger partial charge in [0, 0.05) is 5.88 Å². The second kappa shape index (κ2) is 8.31. The fourth-order valence-electron chi connectivity index (χ4n) is 0.548. The Kier molecular flexibility index (Phi) is 8.60. The SMILES string of the molecule is CCCCNCSCC. The first kappa shape index (κ1) is 9.31. The maximum Gasteiger partial charge on any atom is 0.0417 e. The highest BCUT2D eigenvalue weighted by molar-refractivity contribution is 7.99. The van der Waals surface area contributed by atoms with Gasteiger partial charge in [0.05, 0.1) is 0 Å². The molecule has 0 unspecified atom stereocenters. The van der Waals surface area contributed by atoms with Crippen LogP contribution < -0.4 is 5.32 Å². The molecule has 56 valence electrons. The van der Waals surface area contributed by atoms with E-state index < -0.39 is 0 Å². The van der Waals surface area contributed by atoms with E-state index in [0.717, 1.165) is 5.88 Å². The van der Waals surface area contributed by atoms with Crippen molar-refractivity contribution in [1.82, 2.24) is 5.32 Å². The summed E-state index contributed by atoms with van der Waals surface area (Å²) in [6, 6.07) is 0. The van der Waals surface area contributed by atoms with Gasteiger partial charge in [0.15, 0.2) is 0 Å². The molecule has 1 nitrogen and oxygen atoms in total. The molecule has 0 aromatic heterocycles. The molecule has 0 aromatic rings. The highest BCUT2D eigenvalue weighted by Gasteiger charge is 1.83. The van der Waals surface area contributed by atoms with E-state index in [4.69, 9.17) is 0 Å². The third-order valence-electron chi connectivity index (χ3n) is 1.12. The average Bonchev–Trinajstić information content (AvgIpc) is 1.89. The Balaban J connectivity index is 2.60. The van der Waals surface area contributed by atoms with Gasteiger partial charge in [-0.15, -0.1) is 11.8 Å². The molecule has 0 aliphatic heterocycles. The second-order valence-corrected chi connectivity index (χ2v) is 3.26. The van der Waals surface area contributed by atoms with Crippen molar-refractivity contribution in [1.29, 1.82) is 0 Å². The van der Waals surface area contributed by atoms with E-state index in [9.17, 15) is 0 Å². The Morgan fingerprint density at radius 1 is 1.33 bits per heavy atom. The number of hydrogen-bond donors (Lipinski definition) is 1. The van der Waals surface area contributed by atoms with E-state index in [2.05, 4.69) is 19.2 Å². The van der Waals surface area contributed by atoms with Gasteiger partial charge in [-0.2, -0.15) is 0 Å². The van der Waals surface area contributed by atoms with Gasteiger partial charge < -0.3 is 5.32 Å². The molecule has 0 aromatic carbocycles. The number of thioether (sulfide) groups is 1. The lowest BCUT2D eigenvalue weighted by Crippen LogP contribution is -2.13. The van der Waals surface area contributed by atoms with E-state index in [-0.39, 0.29) is 0 Å². The van der Waals surface area contributed by atoms with Crippen LogP contribution in [0.5, 0.6) is 0 Å². The Morgan fingerprint density at radius 2 is 2.11 bits per heavy atom. The summed E-state index contributed by atoms with van der Waals surface area (Å²) in [5.41, 5.74) is 0. The smallest absolute Gasteiger partial charge is 0.0417 e. The van der Waals surface area contributed by atoms with Crippen molar-refractivity contribution in [2.24, 2.45) is 0 Å². The lowest BCUT2D eigenvalue weighted by atomic mass is 10.3. The predicted octanol–water partition coefficient (Wildman–Crippen LogP) is 2.09. The lowest BCUT2D eigenvalue weighted by Gasteiger charge is -1.99. The standard InChI is InChI=1S/C7H17NS/c1-3-5-6-8-7-9-4-2/h8H,3-7H2,1-2H3. The van der Waals surface area contributed by atoms with Crippen molar-refractivity contribution < 1.29 is 0 Å². The van der Waals surface area contributed by atoms with Crippen LogP contribution in [0.1, 0.15) is 26.7 Å². The average molecular weight is 147 g/mol. The number of rotatable bonds is 6. The third-order valence-corrected chi connectivity index (χ3v) is 1.93. The summed E-state index contributed by atoms with van der Waals surface area (Å²) in [4.78, 5) is 0. The summed E-state index contributed by atoms with van der Waals surface area (Å²) in [5, 5.41) is 3.35. The van der Waals surface area contributed by atoms with Crippen molar-refractivity contribution in [3.63, 3.8) is 0 Å². The van der Waals surface area contributed by atoms with Crippen LogP contribution in [0.15, 0.2) is 0 Å². The molecule has 0 saturated carbocycles. The molecular formula is C7H17NS. The van der Waals surface area contributed by atoms with E-state index in [1.54, 1.807) is 0 Å². The second-order valence-electron chi connectivity index (χ2n) is 1.99. The van der Waals surface area contributed by atoms with E-state index >= 15 is 0 Å². The minimum absolute atomic E-state index is 1.12. The fraction of sp³-hybridized carbons (Fsp3) is 1.00. The lowest BCUT2D eigenvalue weighted by molar-refractivity contribution is 0.700. The third kappa shape index (κ3) is 8.31. The zero-order valence-electron chi connectivity index (χ0n) is 6.44. The molecule has 0 aliphatic rings. The first-order chi connectivity index (χ1) is 4.41. The molecule has 0 rings (SSSR count). The van der Waals surface area contributed by atoms with Crippen molar-refractivity contribution >= 4 is 11.8 Å². The quantitative estimate of drug-likeness (QED) is 0.456. The van der Waals surface area contributed by atoms with Gasteiger partial charge in [0.25, 0.3) is 0 Å². The van der Waals surface area contributed by atoms with Gasteiger partial charge in [0.1, 0.15) is 0 Å². The highest BCUT2D eigenvalue weighted by Crippen LogP contribution is 1.93. The van der Waals surface area contributed by atoms with Crippen molar-refractivity contribution in [2.45, 2.75) is 26.7 Å². The molecule has 0 aliphatic carbocycles. The van der Waals surface area contributed by atoms with Crippen LogP contribution >= 0.6 is 11.8 Å². The first-order valence-electron chi connectivity index (χ1n) is 3.70. The van der Waals surface area contributed by atoms with Crippen LogP contribution in [0.3, 0.4) is 0 Å². The van der Waals surface area contributed by atoms with E-state index in [0.29, 0.717) is 0 Å². The molecule has 0 bridgehead atoms. The van der Waals surface area contributed by atoms with Crippen molar-refractivity contribution in [3.05, 3.63) is 0 Å². The van der Waals surface area contributed by atoms with Gasteiger partial charge in [-0.3, -0.25) is 0 Å². The van der Waals surface area contributed by atoms with Gasteiger partial charge in [0.2, 0.25) is 0 Å². The van der Waals surface area contributed by atoms with Crippen LogP contribution in [0, 0.1) is 0 Å². The predicted molar refractivity (Wildman–Crippen MR) is 45.9 cm³/mol. The summed E-state index contributed by atoms with van der Waals surface area (Å²) >= 11 is 1.95. The minimum atomic E-state index is 1.12. The highest BCUT2D eigenvalue weighted by atomic mass is 32.2. The number of unbranched alkanes of at least 4 members (excludes halogenated alkanes) is 1. The van der Waals surface area contributed by atoms with E-state index in [1.807, 2.05) is 11.8 Å². The molecule has 0 amide bonds. The first-order valence-corrected chi connectivity index (χ1v) is 4.85. The normalized spacial score (nSPS) is 10.0. The van der Waals surface area contributed by atoms with Crippen LogP contribution in [0.2, 0.25) is 0 Å². The molecule has 0 atom stereocenters. The van der Waals surface area contributed by atoms with Crippen LogP contribution in [-0.4, -0.2) is 18.2 Å². The molecule has 9 heavy (non-hydrogen) atoms. The Labute approximate surface area is 62.6 Å². The summed E-state index contributed by atoms with van der Waals surface area (Å²) < 4.78 is 0. The Morgan fingerprint density at radius 3 is 2.67 bits per heavy atom. The zero-order chi connectivity index (χ0) is 6.95. The van der Waals surface area contributed by atoms with E-state index in [1.165, 1.54) is 25.1 Å². The molecule has 0 fully saturated rings. The van der Waals surface area contributed by atoms with Crippen LogP contribution in [-0.2, 0) is 0 Å². The van der Waals surface area contributed by atoms with Crippen molar-refractivity contribution in [3.8, 4) is 0 Å². The van der Waals surface area contributed by atoms with Gasteiger partial charge in [-0.05, 0) is 18.7 Å². The Bertz CT molecular complexity index is 42.2. The van der Waals surface area contributed by atoms with Crippen molar-refractivity contribution in [2.75, 3.05) is 18.2 Å². The molecule has 0 heterocycles. The summed E-state index contributed by atoms with van der Waals surface area (Å²) in [5.74, 6) is 2.34. The van der Waals surface area contributed by atoms with Gasteiger partial charge >= 0.3 is 0 Å². The zero-order valence-corrected chi connectivity index (χ0v) is 7.26. The minimum Gasteiger partial charge on any atom is -0.308 e. The number of hydrogen-bond acceptors (Lipinski definition) is 2. The molecule has 2 heteroatoms. The monoisotopic (exact) mass is 147 g/mol. The molecule has 0 saturated heterocycles. The van der Waals surface area contributed by atoms with Gasteiger partial charge in [-0.1, -0.05) is 20.3 Å². The summed E-state index contributed by atoms with van der Waals surface area (Å²) in [6.07, 6.45) is 2.61. The molecular weight excluding hydrogens is 130 g/mol. The summed E-state index contributed by atoms with van der Waals surface area (Å²) in [6.45, 7) is 5.59. The maximum absolute atomic E-state index is 3.35. The van der Waals surface area contributed by atoms with Crippen LogP contribution in [0.25, 0.3) is 0 Å².